The Morgan fingerprint density at radius 1 is 1.09 bits per heavy atom. The summed E-state index contributed by atoms with van der Waals surface area (Å²) >= 11 is 0. The lowest BCUT2D eigenvalue weighted by atomic mass is 10.2. The van der Waals surface area contributed by atoms with E-state index in [9.17, 15) is 4.79 Å². The van der Waals surface area contributed by atoms with Crippen molar-refractivity contribution in [2.24, 2.45) is 4.99 Å². The van der Waals surface area contributed by atoms with Gasteiger partial charge in [0.2, 0.25) is 5.91 Å². The molecule has 9 nitrogen and oxygen atoms in total. The van der Waals surface area contributed by atoms with Crippen molar-refractivity contribution in [3.63, 3.8) is 0 Å². The maximum Gasteiger partial charge on any atom is 0.242 e. The summed E-state index contributed by atoms with van der Waals surface area (Å²) in [6, 6.07) is 6.02. The summed E-state index contributed by atoms with van der Waals surface area (Å²) in [4.78, 5) is 16.5. The first-order valence-electron chi connectivity index (χ1n) is 11.7. The van der Waals surface area contributed by atoms with E-state index >= 15 is 0 Å². The fourth-order valence-corrected chi connectivity index (χ4v) is 3.54. The summed E-state index contributed by atoms with van der Waals surface area (Å²) in [5, 5.41) is 9.52. The summed E-state index contributed by atoms with van der Waals surface area (Å²) in [5.41, 5.74) is 0.817. The van der Waals surface area contributed by atoms with E-state index in [-0.39, 0.29) is 18.6 Å². The molecule has 3 aliphatic rings. The van der Waals surface area contributed by atoms with Crippen molar-refractivity contribution in [1.29, 1.82) is 0 Å². The van der Waals surface area contributed by atoms with Gasteiger partial charge in [-0.25, -0.2) is 4.99 Å². The van der Waals surface area contributed by atoms with Crippen LogP contribution in [0.3, 0.4) is 0 Å². The third-order valence-electron chi connectivity index (χ3n) is 5.42. The highest BCUT2D eigenvalue weighted by atomic mass is 16.5. The van der Waals surface area contributed by atoms with E-state index in [0.29, 0.717) is 50.7 Å². The number of aliphatic imine (C=N–C) groups is 1. The fraction of sp³-hybridized carbons (Fsp3) is 0.652. The molecule has 4 rings (SSSR count). The van der Waals surface area contributed by atoms with Gasteiger partial charge in [0, 0.05) is 44.0 Å². The van der Waals surface area contributed by atoms with Crippen LogP contribution in [-0.2, 0) is 14.3 Å². The number of fused-ring (bicyclic) bond motifs is 1. The van der Waals surface area contributed by atoms with E-state index in [1.54, 1.807) is 0 Å². The molecule has 0 aromatic heterocycles. The second-order valence-electron chi connectivity index (χ2n) is 8.33. The van der Waals surface area contributed by atoms with Crippen molar-refractivity contribution >= 4 is 17.6 Å². The predicted octanol–water partition coefficient (Wildman–Crippen LogP) is 2.07. The van der Waals surface area contributed by atoms with Crippen LogP contribution in [0.5, 0.6) is 11.5 Å². The average molecular weight is 447 g/mol. The number of nitrogens with one attached hydrogen (secondary N) is 3. The molecular weight excluding hydrogens is 412 g/mol. The highest BCUT2D eigenvalue weighted by Gasteiger charge is 2.23. The van der Waals surface area contributed by atoms with Crippen LogP contribution in [0, 0.1) is 0 Å². The molecule has 1 saturated carbocycles. The van der Waals surface area contributed by atoms with Crippen LogP contribution in [0.25, 0.3) is 0 Å². The van der Waals surface area contributed by atoms with E-state index in [4.69, 9.17) is 18.9 Å². The molecule has 1 saturated heterocycles. The van der Waals surface area contributed by atoms with E-state index in [2.05, 4.69) is 20.9 Å². The lowest BCUT2D eigenvalue weighted by Gasteiger charge is -2.15. The van der Waals surface area contributed by atoms with Gasteiger partial charge in [0.05, 0.1) is 25.9 Å². The third kappa shape index (κ3) is 7.56. The minimum Gasteiger partial charge on any atom is -0.490 e. The Bertz CT molecular complexity index is 778. The van der Waals surface area contributed by atoms with Gasteiger partial charge in [0.1, 0.15) is 6.54 Å². The van der Waals surface area contributed by atoms with E-state index < -0.39 is 0 Å². The molecule has 1 unspecified atom stereocenters. The molecule has 176 valence electrons. The molecule has 32 heavy (non-hydrogen) atoms. The first-order chi connectivity index (χ1) is 15.8. The Morgan fingerprint density at radius 3 is 2.78 bits per heavy atom. The fourth-order valence-electron chi connectivity index (χ4n) is 3.54. The van der Waals surface area contributed by atoms with Crippen LogP contribution in [0.1, 0.15) is 38.5 Å². The van der Waals surface area contributed by atoms with Gasteiger partial charge in [-0.1, -0.05) is 0 Å². The van der Waals surface area contributed by atoms with Gasteiger partial charge in [-0.2, -0.15) is 0 Å². The second kappa shape index (κ2) is 11.9. The smallest absolute Gasteiger partial charge is 0.242 e. The van der Waals surface area contributed by atoms with Gasteiger partial charge < -0.3 is 34.9 Å². The molecule has 1 atom stereocenters. The Hall–Kier alpha value is -2.52. The standard InChI is InChI=1S/C23H34N4O5/c28-22(26-17-5-6-17)15-25-23(24-9-2-10-29-16-19-4-1-11-30-19)27-18-7-8-20-21(14-18)32-13-3-12-31-20/h7-8,14,17,19H,1-6,9-13,15-16H2,(H,26,28)(H2,24,25,27). The topological polar surface area (TPSA) is 102 Å². The van der Waals surface area contributed by atoms with Crippen LogP contribution in [0.4, 0.5) is 5.69 Å². The number of rotatable bonds is 10. The number of benzene rings is 1. The summed E-state index contributed by atoms with van der Waals surface area (Å²) in [5.74, 6) is 1.93. The Morgan fingerprint density at radius 2 is 1.97 bits per heavy atom. The summed E-state index contributed by atoms with van der Waals surface area (Å²) in [6.07, 6.45) is 6.24. The number of hydrogen-bond donors (Lipinski definition) is 3. The van der Waals surface area contributed by atoms with Crippen LogP contribution in [0.2, 0.25) is 0 Å². The number of hydrogen-bond acceptors (Lipinski definition) is 6. The number of ether oxygens (including phenoxy) is 4. The Labute approximate surface area is 189 Å². The van der Waals surface area contributed by atoms with E-state index in [1.165, 1.54) is 0 Å². The normalized spacial score (nSPS) is 20.5. The van der Waals surface area contributed by atoms with Crippen molar-refractivity contribution in [2.75, 3.05) is 51.4 Å². The maximum atomic E-state index is 12.1. The molecule has 2 fully saturated rings. The lowest BCUT2D eigenvalue weighted by Crippen LogP contribution is -2.34. The monoisotopic (exact) mass is 446 g/mol. The summed E-state index contributed by atoms with van der Waals surface area (Å²) in [6.45, 7) is 4.17. The van der Waals surface area contributed by atoms with Gasteiger partial charge in [-0.3, -0.25) is 4.79 Å². The molecule has 9 heteroatoms. The number of carbonyl (C=O) groups is 1. The van der Waals surface area contributed by atoms with Crippen molar-refractivity contribution in [2.45, 2.75) is 50.7 Å². The van der Waals surface area contributed by atoms with Crippen molar-refractivity contribution in [1.82, 2.24) is 10.6 Å². The quantitative estimate of drug-likeness (QED) is 0.287. The average Bonchev–Trinajstić information content (AvgIpc) is 3.51. The molecule has 0 spiro atoms. The molecular formula is C23H34N4O5. The number of carbonyl (C=O) groups excluding carboxylic acids is 1. The van der Waals surface area contributed by atoms with Crippen LogP contribution in [-0.4, -0.2) is 70.1 Å². The molecule has 0 bridgehead atoms. The van der Waals surface area contributed by atoms with Crippen molar-refractivity contribution in [3.8, 4) is 11.5 Å². The second-order valence-corrected chi connectivity index (χ2v) is 8.33. The summed E-state index contributed by atoms with van der Waals surface area (Å²) in [7, 11) is 0. The van der Waals surface area contributed by atoms with Crippen LogP contribution in [0.15, 0.2) is 23.2 Å². The minimum absolute atomic E-state index is 0.0628. The van der Waals surface area contributed by atoms with E-state index in [0.717, 1.165) is 56.6 Å². The van der Waals surface area contributed by atoms with Crippen molar-refractivity contribution in [3.05, 3.63) is 18.2 Å². The summed E-state index contributed by atoms with van der Waals surface area (Å²) < 4.78 is 22.8. The molecule has 1 aliphatic carbocycles. The van der Waals surface area contributed by atoms with Gasteiger partial charge in [-0.15, -0.1) is 0 Å². The number of nitrogens with zero attached hydrogens (tertiary/aromatic N) is 1. The SMILES string of the molecule is O=C(CN=C(NCCCOCC1CCCO1)Nc1ccc2c(c1)OCCCO2)NC1CC1. The molecule has 2 heterocycles. The molecule has 3 N–H and O–H groups in total. The van der Waals surface area contributed by atoms with Crippen molar-refractivity contribution < 1.29 is 23.7 Å². The van der Waals surface area contributed by atoms with Gasteiger partial charge in [0.15, 0.2) is 17.5 Å². The third-order valence-corrected chi connectivity index (χ3v) is 5.42. The van der Waals surface area contributed by atoms with Crippen LogP contribution < -0.4 is 25.4 Å². The zero-order valence-corrected chi connectivity index (χ0v) is 18.6. The highest BCUT2D eigenvalue weighted by Crippen LogP contribution is 2.32. The van der Waals surface area contributed by atoms with Gasteiger partial charge in [0.25, 0.3) is 0 Å². The molecule has 1 amide bonds. The lowest BCUT2D eigenvalue weighted by molar-refractivity contribution is -0.119. The Kier molecular flexibility index (Phi) is 8.44. The highest BCUT2D eigenvalue weighted by molar-refractivity contribution is 5.95. The van der Waals surface area contributed by atoms with Crippen LogP contribution >= 0.6 is 0 Å². The first kappa shape index (κ1) is 22.7. The molecule has 2 aliphatic heterocycles. The number of anilines is 1. The van der Waals surface area contributed by atoms with E-state index in [1.807, 2.05) is 18.2 Å². The predicted molar refractivity (Wildman–Crippen MR) is 122 cm³/mol. The zero-order valence-electron chi connectivity index (χ0n) is 18.6. The zero-order chi connectivity index (χ0) is 22.0. The number of guanidine groups is 1. The minimum atomic E-state index is -0.0628. The van der Waals surface area contributed by atoms with Gasteiger partial charge >= 0.3 is 0 Å². The maximum absolute atomic E-state index is 12.1. The number of amides is 1. The first-order valence-corrected chi connectivity index (χ1v) is 11.7. The Balaban J connectivity index is 1.27. The molecule has 0 radical (unpaired) electrons. The van der Waals surface area contributed by atoms with Gasteiger partial charge in [-0.05, 0) is 44.2 Å². The molecule has 1 aromatic rings. The largest absolute Gasteiger partial charge is 0.490 e. The molecule has 1 aromatic carbocycles.